The van der Waals surface area contributed by atoms with Gasteiger partial charge in [0.1, 0.15) is 5.76 Å². The number of aliphatic imine (C=N–C) groups is 1. The van der Waals surface area contributed by atoms with Crippen LogP contribution in [0.3, 0.4) is 0 Å². The molecule has 0 bridgehead atoms. The number of guanidine groups is 1. The highest BCUT2D eigenvalue weighted by Gasteiger charge is 2.25. The molecule has 0 amide bonds. The number of ether oxygens (including phenoxy) is 1. The lowest BCUT2D eigenvalue weighted by atomic mass is 10.2. The van der Waals surface area contributed by atoms with Crippen LogP contribution in [-0.2, 0) is 11.3 Å². The van der Waals surface area contributed by atoms with E-state index in [-0.39, 0.29) is 6.04 Å². The maximum atomic E-state index is 5.74. The molecule has 1 aliphatic rings. The number of likely N-dealkylation sites (tertiary alicyclic amines) is 1. The Kier molecular flexibility index (Phi) is 9.07. The van der Waals surface area contributed by atoms with Crippen molar-refractivity contribution in [3.8, 4) is 0 Å². The number of unbranched alkanes of at least 4 members (excludes halogenated alkanes) is 1. The van der Waals surface area contributed by atoms with E-state index >= 15 is 0 Å². The first-order valence-corrected chi connectivity index (χ1v) is 10.7. The third kappa shape index (κ3) is 7.22. The molecule has 0 aliphatic carbocycles. The van der Waals surface area contributed by atoms with E-state index in [2.05, 4.69) is 38.7 Å². The molecule has 1 saturated heterocycles. The minimum atomic E-state index is 0.248. The van der Waals surface area contributed by atoms with Crippen molar-refractivity contribution in [2.24, 2.45) is 4.99 Å². The Morgan fingerprint density at radius 1 is 1.10 bits per heavy atom. The molecule has 1 fully saturated rings. The van der Waals surface area contributed by atoms with Gasteiger partial charge in [0.15, 0.2) is 5.96 Å². The number of hydrogen-bond acceptors (Lipinski definition) is 4. The van der Waals surface area contributed by atoms with Gasteiger partial charge in [-0.2, -0.15) is 0 Å². The van der Waals surface area contributed by atoms with E-state index < -0.39 is 0 Å². The van der Waals surface area contributed by atoms with Crippen LogP contribution in [0.15, 0.2) is 58.1 Å². The Morgan fingerprint density at radius 3 is 2.66 bits per heavy atom. The van der Waals surface area contributed by atoms with Gasteiger partial charge in [-0.15, -0.1) is 0 Å². The van der Waals surface area contributed by atoms with E-state index in [1.165, 1.54) is 18.4 Å². The Bertz CT molecular complexity index is 697. The molecule has 2 aromatic rings. The third-order valence-electron chi connectivity index (χ3n) is 5.26. The molecule has 3 rings (SSSR count). The van der Waals surface area contributed by atoms with E-state index in [0.717, 1.165) is 57.3 Å². The maximum Gasteiger partial charge on any atom is 0.191 e. The second-order valence-corrected chi connectivity index (χ2v) is 7.40. The summed E-state index contributed by atoms with van der Waals surface area (Å²) in [5.41, 5.74) is 1.22. The quantitative estimate of drug-likeness (QED) is 0.344. The zero-order valence-corrected chi connectivity index (χ0v) is 17.5. The molecule has 1 unspecified atom stereocenters. The molecule has 1 aliphatic heterocycles. The SMILES string of the molecule is CN=C(NCCCCOCc1ccccc1)NCC(c1ccco1)N1CCCC1. The lowest BCUT2D eigenvalue weighted by Gasteiger charge is -2.26. The summed E-state index contributed by atoms with van der Waals surface area (Å²) in [6, 6.07) is 14.6. The Labute approximate surface area is 174 Å². The largest absolute Gasteiger partial charge is 0.468 e. The average molecular weight is 399 g/mol. The highest BCUT2D eigenvalue weighted by Crippen LogP contribution is 2.24. The Balaban J connectivity index is 1.31. The zero-order valence-electron chi connectivity index (χ0n) is 17.5. The molecule has 2 heterocycles. The zero-order chi connectivity index (χ0) is 20.2. The normalized spacial score (nSPS) is 16.1. The van der Waals surface area contributed by atoms with Crippen LogP contribution in [0.5, 0.6) is 0 Å². The molecule has 29 heavy (non-hydrogen) atoms. The number of hydrogen-bond donors (Lipinski definition) is 2. The van der Waals surface area contributed by atoms with Crippen molar-refractivity contribution < 1.29 is 9.15 Å². The number of rotatable bonds is 11. The summed E-state index contributed by atoms with van der Waals surface area (Å²) in [6.07, 6.45) is 6.35. The first-order valence-electron chi connectivity index (χ1n) is 10.7. The van der Waals surface area contributed by atoms with Crippen LogP contribution in [0, 0.1) is 0 Å². The molecular formula is C23H34N4O2. The predicted octanol–water partition coefficient (Wildman–Crippen LogP) is 3.58. The minimum absolute atomic E-state index is 0.248. The predicted molar refractivity (Wildman–Crippen MR) is 117 cm³/mol. The van der Waals surface area contributed by atoms with Gasteiger partial charge >= 0.3 is 0 Å². The molecule has 2 N–H and O–H groups in total. The van der Waals surface area contributed by atoms with Crippen LogP contribution in [0.2, 0.25) is 0 Å². The minimum Gasteiger partial charge on any atom is -0.468 e. The second kappa shape index (κ2) is 12.3. The van der Waals surface area contributed by atoms with E-state index in [1.807, 2.05) is 31.3 Å². The van der Waals surface area contributed by atoms with Gasteiger partial charge in [0.25, 0.3) is 0 Å². The van der Waals surface area contributed by atoms with Gasteiger partial charge in [-0.3, -0.25) is 9.89 Å². The molecule has 6 heteroatoms. The smallest absolute Gasteiger partial charge is 0.191 e. The average Bonchev–Trinajstić information content (AvgIpc) is 3.47. The van der Waals surface area contributed by atoms with Crippen molar-refractivity contribution in [3.63, 3.8) is 0 Å². The van der Waals surface area contributed by atoms with Crippen molar-refractivity contribution >= 4 is 5.96 Å². The van der Waals surface area contributed by atoms with Crippen LogP contribution in [-0.4, -0.2) is 50.7 Å². The number of benzene rings is 1. The first kappa shape index (κ1) is 21.4. The lowest BCUT2D eigenvalue weighted by Crippen LogP contribution is -2.42. The summed E-state index contributed by atoms with van der Waals surface area (Å²) < 4.78 is 11.4. The molecule has 0 saturated carbocycles. The van der Waals surface area contributed by atoms with Gasteiger partial charge in [-0.05, 0) is 56.5 Å². The molecule has 1 atom stereocenters. The number of furan rings is 1. The van der Waals surface area contributed by atoms with Crippen molar-refractivity contribution in [2.75, 3.05) is 39.8 Å². The highest BCUT2D eigenvalue weighted by atomic mass is 16.5. The van der Waals surface area contributed by atoms with Crippen molar-refractivity contribution in [2.45, 2.75) is 38.3 Å². The van der Waals surface area contributed by atoms with E-state index in [1.54, 1.807) is 6.26 Å². The number of nitrogens with one attached hydrogen (secondary N) is 2. The Hall–Kier alpha value is -2.31. The van der Waals surface area contributed by atoms with Gasteiger partial charge in [0.05, 0.1) is 18.9 Å². The monoisotopic (exact) mass is 398 g/mol. The summed E-state index contributed by atoms with van der Waals surface area (Å²) in [5, 5.41) is 6.87. The van der Waals surface area contributed by atoms with Crippen molar-refractivity contribution in [3.05, 3.63) is 60.1 Å². The van der Waals surface area contributed by atoms with Crippen LogP contribution in [0.1, 0.15) is 43.0 Å². The maximum absolute atomic E-state index is 5.74. The van der Waals surface area contributed by atoms with Crippen molar-refractivity contribution in [1.82, 2.24) is 15.5 Å². The highest BCUT2D eigenvalue weighted by molar-refractivity contribution is 5.79. The topological polar surface area (TPSA) is 62.0 Å². The molecule has 6 nitrogen and oxygen atoms in total. The van der Waals surface area contributed by atoms with Crippen LogP contribution in [0.4, 0.5) is 0 Å². The van der Waals surface area contributed by atoms with Crippen LogP contribution >= 0.6 is 0 Å². The van der Waals surface area contributed by atoms with Gasteiger partial charge < -0.3 is 19.8 Å². The van der Waals surface area contributed by atoms with Gasteiger partial charge in [-0.25, -0.2) is 0 Å². The molecule has 0 radical (unpaired) electrons. The summed E-state index contributed by atoms with van der Waals surface area (Å²) in [7, 11) is 1.82. The van der Waals surface area contributed by atoms with E-state index in [4.69, 9.17) is 9.15 Å². The van der Waals surface area contributed by atoms with Crippen molar-refractivity contribution in [1.29, 1.82) is 0 Å². The second-order valence-electron chi connectivity index (χ2n) is 7.40. The molecule has 158 valence electrons. The van der Waals surface area contributed by atoms with E-state index in [9.17, 15) is 0 Å². The summed E-state index contributed by atoms with van der Waals surface area (Å²) in [4.78, 5) is 6.84. The fourth-order valence-electron chi connectivity index (χ4n) is 3.66. The van der Waals surface area contributed by atoms with Gasteiger partial charge in [0, 0.05) is 26.7 Å². The summed E-state index contributed by atoms with van der Waals surface area (Å²) in [5.74, 6) is 1.86. The molecule has 1 aromatic carbocycles. The number of nitrogens with zero attached hydrogens (tertiary/aromatic N) is 2. The Morgan fingerprint density at radius 2 is 1.93 bits per heavy atom. The summed E-state index contributed by atoms with van der Waals surface area (Å²) in [6.45, 7) is 5.38. The molecular weight excluding hydrogens is 364 g/mol. The van der Waals surface area contributed by atoms with Crippen LogP contribution in [0.25, 0.3) is 0 Å². The van der Waals surface area contributed by atoms with Crippen LogP contribution < -0.4 is 10.6 Å². The lowest BCUT2D eigenvalue weighted by molar-refractivity contribution is 0.117. The van der Waals surface area contributed by atoms with Gasteiger partial charge in [-0.1, -0.05) is 30.3 Å². The fraction of sp³-hybridized carbons (Fsp3) is 0.522. The standard InChI is InChI=1S/C23H34N4O2/c1-24-23(25-13-5-8-16-28-19-20-10-3-2-4-11-20)26-18-21(22-12-9-17-29-22)27-14-6-7-15-27/h2-4,9-12,17,21H,5-8,13-16,18-19H2,1H3,(H2,24,25,26). The van der Waals surface area contributed by atoms with E-state index in [0.29, 0.717) is 6.61 Å². The first-order chi connectivity index (χ1) is 14.4. The fourth-order valence-corrected chi connectivity index (χ4v) is 3.66. The summed E-state index contributed by atoms with van der Waals surface area (Å²) >= 11 is 0. The molecule has 1 aromatic heterocycles. The molecule has 0 spiro atoms. The third-order valence-corrected chi connectivity index (χ3v) is 5.26. The van der Waals surface area contributed by atoms with Gasteiger partial charge in [0.2, 0.25) is 0 Å².